The van der Waals surface area contributed by atoms with Crippen LogP contribution in [-0.4, -0.2) is 163 Å². The fraction of sp³-hybridized carbons (Fsp3) is 0.950. The molecule has 55 heavy (non-hydrogen) atoms. The molecule has 318 valence electrons. The maximum atomic E-state index is 12.6. The van der Waals surface area contributed by atoms with Gasteiger partial charge in [-0.2, -0.15) is 0 Å². The molecule has 0 aromatic heterocycles. The van der Waals surface area contributed by atoms with Crippen LogP contribution >= 0.6 is 0 Å². The summed E-state index contributed by atoms with van der Waals surface area (Å²) < 4.78 is 28.9. The normalized spacial score (nSPS) is 52.3. The number of rotatable bonds is 12. The van der Waals surface area contributed by atoms with Crippen LogP contribution in [0.5, 0.6) is 0 Å². The third-order valence-corrected chi connectivity index (χ3v) is 15.4. The van der Waals surface area contributed by atoms with Crippen LogP contribution in [-0.2, 0) is 23.7 Å². The van der Waals surface area contributed by atoms with E-state index in [4.69, 9.17) is 23.7 Å². The molecule has 2 saturated heterocycles. The second kappa shape index (κ2) is 16.7. The highest BCUT2D eigenvalue weighted by Gasteiger charge is 2.71. The van der Waals surface area contributed by atoms with Crippen LogP contribution in [0, 0.1) is 52.3 Å². The van der Waals surface area contributed by atoms with Gasteiger partial charge in [0.1, 0.15) is 42.7 Å². The predicted octanol–water partition coefficient (Wildman–Crippen LogP) is -0.568. The van der Waals surface area contributed by atoms with Gasteiger partial charge in [-0.15, -0.1) is 0 Å². The van der Waals surface area contributed by atoms with Gasteiger partial charge < -0.3 is 74.7 Å². The van der Waals surface area contributed by atoms with Crippen LogP contribution < -0.4 is 0 Å². The first-order chi connectivity index (χ1) is 25.8. The highest BCUT2D eigenvalue weighted by atomic mass is 16.8. The van der Waals surface area contributed by atoms with E-state index in [1.807, 2.05) is 13.8 Å². The fourth-order valence-corrected chi connectivity index (χ4v) is 12.2. The van der Waals surface area contributed by atoms with Gasteiger partial charge in [-0.05, 0) is 72.5 Å². The lowest BCUT2D eigenvalue weighted by atomic mass is 9.41. The van der Waals surface area contributed by atoms with Gasteiger partial charge in [-0.3, -0.25) is 0 Å². The minimum absolute atomic E-state index is 0.0106. The van der Waals surface area contributed by atoms with Gasteiger partial charge in [-0.1, -0.05) is 46.8 Å². The molecule has 2 aliphatic heterocycles. The molecule has 6 fully saturated rings. The van der Waals surface area contributed by atoms with Gasteiger partial charge in [0, 0.05) is 25.4 Å². The van der Waals surface area contributed by atoms with E-state index in [0.29, 0.717) is 25.7 Å². The van der Waals surface area contributed by atoms with Crippen LogP contribution in [0.2, 0.25) is 0 Å². The van der Waals surface area contributed by atoms with Crippen LogP contribution in [0.1, 0.15) is 73.1 Å². The topological polar surface area (TPSA) is 248 Å². The molecule has 23 atom stereocenters. The number of fused-ring (bicyclic) bond motifs is 5. The maximum Gasteiger partial charge on any atom is 0.187 e. The highest BCUT2D eigenvalue weighted by Crippen LogP contribution is 2.69. The zero-order valence-corrected chi connectivity index (χ0v) is 33.1. The SMILES string of the molecule is CO[C@@H]1[C@@H](O[C@@H]2[C@@H](OCC(C)C(C)/C=C/[C@@H](C)[C@H]3C[C@@H](O)C4[C@]5(O)C[C@H](O)C6[C@@H](O)[C@@H](O)CC[C@]6(C)C5CC[C@@]43C)O[C@H]([C@H](O)CO)[C@H]2O)OC[C@H](O)[C@H]1O. The van der Waals surface area contributed by atoms with Crippen LogP contribution in [0.4, 0.5) is 0 Å². The number of hydrogen-bond acceptors (Lipinski definition) is 15. The summed E-state index contributed by atoms with van der Waals surface area (Å²) in [5, 5.41) is 109. The van der Waals surface area contributed by atoms with Gasteiger partial charge in [0.2, 0.25) is 0 Å². The van der Waals surface area contributed by atoms with Gasteiger partial charge in [0.25, 0.3) is 0 Å². The maximum absolute atomic E-state index is 12.6. The Hall–Kier alpha value is -0.860. The van der Waals surface area contributed by atoms with E-state index in [1.54, 1.807) is 0 Å². The molecule has 0 aromatic carbocycles. The van der Waals surface area contributed by atoms with Crippen molar-refractivity contribution in [3.8, 4) is 0 Å². The Morgan fingerprint density at radius 1 is 0.818 bits per heavy atom. The largest absolute Gasteiger partial charge is 0.394 e. The third kappa shape index (κ3) is 7.61. The number of hydrogen-bond donors (Lipinski definition) is 10. The molecule has 0 radical (unpaired) electrons. The van der Waals surface area contributed by atoms with E-state index in [2.05, 4.69) is 32.9 Å². The van der Waals surface area contributed by atoms with Gasteiger partial charge in [0.15, 0.2) is 12.6 Å². The first kappa shape index (κ1) is 43.7. The van der Waals surface area contributed by atoms with Gasteiger partial charge in [0.05, 0.1) is 49.8 Å². The molecule has 6 aliphatic rings. The smallest absolute Gasteiger partial charge is 0.187 e. The molecular formula is C40H68O15. The monoisotopic (exact) mass is 788 g/mol. The molecule has 10 N–H and O–H groups in total. The van der Waals surface area contributed by atoms with Crippen molar-refractivity contribution in [1.29, 1.82) is 0 Å². The van der Waals surface area contributed by atoms with E-state index < -0.39 is 115 Å². The van der Waals surface area contributed by atoms with E-state index in [9.17, 15) is 51.1 Å². The molecule has 0 spiro atoms. The Kier molecular flexibility index (Phi) is 13.2. The Labute approximate surface area is 324 Å². The number of aliphatic hydroxyl groups excluding tert-OH is 9. The van der Waals surface area contributed by atoms with Crippen molar-refractivity contribution in [1.82, 2.24) is 0 Å². The molecule has 5 unspecified atom stereocenters. The standard InChI is InChI=1S/C40H68O15/c1-18(20(3)16-52-37-34(31(49)32(54-37)25(45)15-41)55-36-33(51-6)30(48)26(46)17-53-36)7-8-19(2)21-13-23(43)35-38(21,4)12-10-27-39(5)11-9-22(42)29(47)28(39)24(44)14-40(27,35)50/h7-8,18-37,41-50H,9-17H2,1-6H3/b8-7+/t18?,19-,20?,21-,22+,23-,24+,25-,26+,27?,28?,29+,30-,31-,32-,33+,34+,35?,36-,37+,38-,39-,40+/m1/s1. The number of ether oxygens (including phenoxy) is 5. The summed E-state index contributed by atoms with van der Waals surface area (Å²) in [7, 11) is 1.32. The summed E-state index contributed by atoms with van der Waals surface area (Å²) in [6.07, 6.45) is -7.55. The van der Waals surface area contributed by atoms with Crippen LogP contribution in [0.15, 0.2) is 12.2 Å². The Morgan fingerprint density at radius 3 is 2.18 bits per heavy atom. The van der Waals surface area contributed by atoms with Crippen molar-refractivity contribution in [2.75, 3.05) is 26.9 Å². The van der Waals surface area contributed by atoms with Crippen LogP contribution in [0.25, 0.3) is 0 Å². The first-order valence-electron chi connectivity index (χ1n) is 20.4. The number of aliphatic hydroxyl groups is 10. The lowest BCUT2D eigenvalue weighted by Gasteiger charge is -2.66. The van der Waals surface area contributed by atoms with Crippen molar-refractivity contribution < 1.29 is 74.7 Å². The van der Waals surface area contributed by atoms with Gasteiger partial charge >= 0.3 is 0 Å². The van der Waals surface area contributed by atoms with E-state index in [1.165, 1.54) is 7.11 Å². The highest BCUT2D eigenvalue weighted by molar-refractivity contribution is 5.21. The summed E-state index contributed by atoms with van der Waals surface area (Å²) in [4.78, 5) is 0. The number of methoxy groups -OCH3 is 1. The van der Waals surface area contributed by atoms with E-state index in [0.717, 1.165) is 6.42 Å². The van der Waals surface area contributed by atoms with E-state index in [-0.39, 0.29) is 49.2 Å². The average molecular weight is 789 g/mol. The van der Waals surface area contributed by atoms with Crippen molar-refractivity contribution in [3.63, 3.8) is 0 Å². The Morgan fingerprint density at radius 2 is 1.51 bits per heavy atom. The quantitative estimate of drug-likeness (QED) is 0.111. The molecule has 15 nitrogen and oxygen atoms in total. The fourth-order valence-electron chi connectivity index (χ4n) is 12.2. The van der Waals surface area contributed by atoms with Crippen molar-refractivity contribution in [2.45, 2.75) is 158 Å². The minimum Gasteiger partial charge on any atom is -0.394 e. The lowest BCUT2D eigenvalue weighted by Crippen LogP contribution is -2.70. The zero-order chi connectivity index (χ0) is 40.4. The molecule has 0 amide bonds. The van der Waals surface area contributed by atoms with Gasteiger partial charge in [-0.25, -0.2) is 0 Å². The third-order valence-electron chi connectivity index (χ3n) is 15.4. The molecule has 0 bridgehead atoms. The zero-order valence-electron chi connectivity index (χ0n) is 33.1. The van der Waals surface area contributed by atoms with Crippen molar-refractivity contribution in [3.05, 3.63) is 12.2 Å². The second-order valence-corrected chi connectivity index (χ2v) is 18.6. The van der Waals surface area contributed by atoms with Crippen LogP contribution in [0.3, 0.4) is 0 Å². The van der Waals surface area contributed by atoms with Crippen molar-refractivity contribution in [2.24, 2.45) is 52.3 Å². The summed E-state index contributed by atoms with van der Waals surface area (Å²) in [5.74, 6) is -1.14. The predicted molar refractivity (Wildman–Crippen MR) is 195 cm³/mol. The summed E-state index contributed by atoms with van der Waals surface area (Å²) in [5.41, 5.74) is -2.28. The molecule has 0 aromatic rings. The summed E-state index contributed by atoms with van der Waals surface area (Å²) >= 11 is 0. The minimum atomic E-state index is -1.42. The first-order valence-corrected chi connectivity index (χ1v) is 20.4. The molecule has 4 aliphatic carbocycles. The molecule has 15 heteroatoms. The van der Waals surface area contributed by atoms with Crippen molar-refractivity contribution >= 4 is 0 Å². The number of allylic oxidation sites excluding steroid dienone is 2. The molecule has 2 heterocycles. The lowest BCUT2D eigenvalue weighted by molar-refractivity contribution is -0.308. The molecule has 6 rings (SSSR count). The Bertz CT molecular complexity index is 1320. The second-order valence-electron chi connectivity index (χ2n) is 18.6. The molecule has 4 saturated carbocycles. The summed E-state index contributed by atoms with van der Waals surface area (Å²) in [6.45, 7) is 9.66. The molecular weight excluding hydrogens is 720 g/mol. The Balaban J connectivity index is 1.10. The van der Waals surface area contributed by atoms with E-state index >= 15 is 0 Å². The average Bonchev–Trinajstić information content (AvgIpc) is 3.60. The summed E-state index contributed by atoms with van der Waals surface area (Å²) in [6, 6.07) is 0.